The Labute approximate surface area is 193 Å². The summed E-state index contributed by atoms with van der Waals surface area (Å²) in [5.41, 5.74) is 3.86. The van der Waals surface area contributed by atoms with E-state index in [2.05, 4.69) is 45.4 Å². The second-order valence-electron chi connectivity index (χ2n) is 8.28. The molecule has 7 nitrogen and oxygen atoms in total. The maximum atomic E-state index is 12.7. The first-order valence-corrected chi connectivity index (χ1v) is 11.1. The number of nitrogens with one attached hydrogen (secondary N) is 1. The zero-order valence-corrected chi connectivity index (χ0v) is 18.7. The molecule has 0 spiro atoms. The minimum absolute atomic E-state index is 0.0921. The maximum Gasteiger partial charge on any atom is 0.285 e. The summed E-state index contributed by atoms with van der Waals surface area (Å²) < 4.78 is 0. The van der Waals surface area contributed by atoms with Crippen LogP contribution in [0.25, 0.3) is 0 Å². The Kier molecular flexibility index (Phi) is 7.00. The number of carbonyl (C=O) groups excluding carboxylic acids is 1. The first-order chi connectivity index (χ1) is 16.0. The maximum absolute atomic E-state index is 12.7. The average Bonchev–Trinajstić information content (AvgIpc) is 2.84. The van der Waals surface area contributed by atoms with E-state index in [9.17, 15) is 14.9 Å². The van der Waals surface area contributed by atoms with Crippen LogP contribution in [0, 0.1) is 17.0 Å². The Bertz CT molecular complexity index is 1130. The zero-order chi connectivity index (χ0) is 23.2. The fraction of sp³-hybridized carbons (Fsp3) is 0.269. The lowest BCUT2D eigenvalue weighted by Gasteiger charge is -2.36. The van der Waals surface area contributed by atoms with E-state index in [1.54, 1.807) is 19.1 Å². The van der Waals surface area contributed by atoms with Crippen molar-refractivity contribution in [2.45, 2.75) is 20.0 Å². The molecule has 1 heterocycles. The van der Waals surface area contributed by atoms with Crippen molar-refractivity contribution in [1.82, 2.24) is 10.2 Å². The van der Waals surface area contributed by atoms with E-state index in [0.29, 0.717) is 12.1 Å². The van der Waals surface area contributed by atoms with Gasteiger partial charge in [-0.25, -0.2) is 0 Å². The molecule has 0 atom stereocenters. The van der Waals surface area contributed by atoms with Gasteiger partial charge in [0.25, 0.3) is 11.6 Å². The Morgan fingerprint density at radius 1 is 0.909 bits per heavy atom. The van der Waals surface area contributed by atoms with Crippen molar-refractivity contribution in [2.75, 3.05) is 31.1 Å². The lowest BCUT2D eigenvalue weighted by Crippen LogP contribution is -2.46. The van der Waals surface area contributed by atoms with Crippen LogP contribution in [0.4, 0.5) is 11.4 Å². The van der Waals surface area contributed by atoms with Gasteiger partial charge in [-0.05, 0) is 36.2 Å². The molecule has 3 aromatic carbocycles. The summed E-state index contributed by atoms with van der Waals surface area (Å²) in [6.45, 7) is 6.64. The molecule has 0 bridgehead atoms. The standard InChI is InChI=1S/C26H28N4O3/c1-20-8-7-13-24(25(20)30(32)33)26(31)27-18-21-9-5-6-10-22(21)19-28-14-16-29(17-15-28)23-11-3-2-4-12-23/h2-13H,14-19H2,1H3,(H,27,31). The molecule has 0 saturated carbocycles. The molecule has 33 heavy (non-hydrogen) atoms. The molecule has 4 rings (SSSR count). The van der Waals surface area contributed by atoms with Gasteiger partial charge >= 0.3 is 0 Å². The molecule has 0 unspecified atom stereocenters. The number of hydrogen-bond donors (Lipinski definition) is 1. The highest BCUT2D eigenvalue weighted by molar-refractivity contribution is 5.98. The highest BCUT2D eigenvalue weighted by Gasteiger charge is 2.23. The van der Waals surface area contributed by atoms with Gasteiger partial charge < -0.3 is 10.2 Å². The van der Waals surface area contributed by atoms with E-state index >= 15 is 0 Å². The minimum atomic E-state index is -0.493. The van der Waals surface area contributed by atoms with Crippen molar-refractivity contribution < 1.29 is 9.72 Å². The largest absolute Gasteiger partial charge is 0.369 e. The van der Waals surface area contributed by atoms with Gasteiger partial charge in [-0.3, -0.25) is 19.8 Å². The number of benzene rings is 3. The highest BCUT2D eigenvalue weighted by atomic mass is 16.6. The summed E-state index contributed by atoms with van der Waals surface area (Å²) in [5.74, 6) is -0.434. The van der Waals surface area contributed by atoms with Crippen molar-refractivity contribution in [3.05, 3.63) is 105 Å². The number of nitro groups is 1. The van der Waals surface area contributed by atoms with Crippen LogP contribution in [0.15, 0.2) is 72.8 Å². The van der Waals surface area contributed by atoms with E-state index in [0.717, 1.165) is 43.9 Å². The Morgan fingerprint density at radius 2 is 1.58 bits per heavy atom. The molecule has 1 aliphatic heterocycles. The molecular formula is C26H28N4O3. The number of amides is 1. The molecule has 1 amide bonds. The minimum Gasteiger partial charge on any atom is -0.369 e. The number of aryl methyl sites for hydroxylation is 1. The van der Waals surface area contributed by atoms with Crippen LogP contribution in [-0.4, -0.2) is 41.9 Å². The summed E-state index contributed by atoms with van der Waals surface area (Å²) in [5, 5.41) is 14.3. The molecular weight excluding hydrogens is 416 g/mol. The van der Waals surface area contributed by atoms with Crippen LogP contribution in [0.1, 0.15) is 27.0 Å². The Hall–Kier alpha value is -3.71. The molecule has 0 aromatic heterocycles. The number of anilines is 1. The Morgan fingerprint density at radius 3 is 2.27 bits per heavy atom. The second-order valence-corrected chi connectivity index (χ2v) is 8.28. The van der Waals surface area contributed by atoms with Crippen molar-refractivity contribution in [1.29, 1.82) is 0 Å². The van der Waals surface area contributed by atoms with Gasteiger partial charge in [0.15, 0.2) is 0 Å². The lowest BCUT2D eigenvalue weighted by atomic mass is 10.1. The van der Waals surface area contributed by atoms with Crippen LogP contribution >= 0.6 is 0 Å². The van der Waals surface area contributed by atoms with Crippen molar-refractivity contribution in [3.8, 4) is 0 Å². The molecule has 0 aliphatic carbocycles. The second kappa shape index (κ2) is 10.3. The molecule has 7 heteroatoms. The van der Waals surface area contributed by atoms with Gasteiger partial charge in [0, 0.05) is 50.5 Å². The predicted molar refractivity (Wildman–Crippen MR) is 129 cm³/mol. The monoisotopic (exact) mass is 444 g/mol. The van der Waals surface area contributed by atoms with Gasteiger partial charge in [-0.15, -0.1) is 0 Å². The third kappa shape index (κ3) is 5.38. The number of nitrogens with zero attached hydrogens (tertiary/aromatic N) is 3. The average molecular weight is 445 g/mol. The van der Waals surface area contributed by atoms with E-state index in [-0.39, 0.29) is 11.3 Å². The van der Waals surface area contributed by atoms with Gasteiger partial charge in [0.05, 0.1) is 4.92 Å². The summed E-state index contributed by atoms with van der Waals surface area (Å²) in [6.07, 6.45) is 0. The van der Waals surface area contributed by atoms with Gasteiger partial charge in [0.2, 0.25) is 0 Å². The molecule has 170 valence electrons. The van der Waals surface area contributed by atoms with Gasteiger partial charge in [-0.2, -0.15) is 0 Å². The first-order valence-electron chi connectivity index (χ1n) is 11.1. The summed E-state index contributed by atoms with van der Waals surface area (Å²) in [4.78, 5) is 28.5. The third-order valence-electron chi connectivity index (χ3n) is 6.11. The van der Waals surface area contributed by atoms with Crippen molar-refractivity contribution >= 4 is 17.3 Å². The normalized spacial score (nSPS) is 14.2. The van der Waals surface area contributed by atoms with Crippen LogP contribution in [-0.2, 0) is 13.1 Å². The van der Waals surface area contributed by atoms with Gasteiger partial charge in [-0.1, -0.05) is 54.6 Å². The lowest BCUT2D eigenvalue weighted by molar-refractivity contribution is -0.385. The summed E-state index contributed by atoms with van der Waals surface area (Å²) in [7, 11) is 0. The SMILES string of the molecule is Cc1cccc(C(=O)NCc2ccccc2CN2CCN(c3ccccc3)CC2)c1[N+](=O)[O-]. The molecule has 1 saturated heterocycles. The van der Waals surface area contributed by atoms with Crippen molar-refractivity contribution in [2.24, 2.45) is 0 Å². The van der Waals surface area contributed by atoms with E-state index in [1.165, 1.54) is 11.8 Å². The topological polar surface area (TPSA) is 78.7 Å². The molecule has 0 radical (unpaired) electrons. The molecule has 1 fully saturated rings. The fourth-order valence-electron chi connectivity index (χ4n) is 4.28. The molecule has 3 aromatic rings. The van der Waals surface area contributed by atoms with Crippen LogP contribution < -0.4 is 10.2 Å². The highest BCUT2D eigenvalue weighted by Crippen LogP contribution is 2.23. The van der Waals surface area contributed by atoms with E-state index < -0.39 is 10.8 Å². The van der Waals surface area contributed by atoms with Crippen molar-refractivity contribution in [3.63, 3.8) is 0 Å². The first kappa shape index (κ1) is 22.5. The number of piperazine rings is 1. The molecule has 1 aliphatic rings. The van der Waals surface area contributed by atoms with Gasteiger partial charge in [0.1, 0.15) is 5.56 Å². The van der Waals surface area contributed by atoms with E-state index in [1.807, 2.05) is 24.3 Å². The quantitative estimate of drug-likeness (QED) is 0.437. The number of nitro benzene ring substituents is 1. The number of hydrogen-bond acceptors (Lipinski definition) is 5. The number of para-hydroxylation sites is 2. The smallest absolute Gasteiger partial charge is 0.285 e. The molecule has 1 N–H and O–H groups in total. The van der Waals surface area contributed by atoms with Crippen LogP contribution in [0.2, 0.25) is 0 Å². The predicted octanol–water partition coefficient (Wildman–Crippen LogP) is 4.16. The van der Waals surface area contributed by atoms with Crippen LogP contribution in [0.5, 0.6) is 0 Å². The summed E-state index contributed by atoms with van der Waals surface area (Å²) >= 11 is 0. The Balaban J connectivity index is 1.38. The van der Waals surface area contributed by atoms with E-state index in [4.69, 9.17) is 0 Å². The third-order valence-corrected chi connectivity index (χ3v) is 6.11. The van der Waals surface area contributed by atoms with Crippen LogP contribution in [0.3, 0.4) is 0 Å². The number of rotatable bonds is 7. The zero-order valence-electron chi connectivity index (χ0n) is 18.7. The number of carbonyl (C=O) groups is 1. The fourth-order valence-corrected chi connectivity index (χ4v) is 4.28. The summed E-state index contributed by atoms with van der Waals surface area (Å²) in [6, 6.07) is 23.3.